The minimum absolute atomic E-state index is 0.253. The van der Waals surface area contributed by atoms with Crippen LogP contribution in [0, 0.1) is 0 Å². The summed E-state index contributed by atoms with van der Waals surface area (Å²) >= 11 is 0. The normalized spacial score (nSPS) is 13.9. The topological polar surface area (TPSA) is 53.5 Å². The fourth-order valence-corrected chi connectivity index (χ4v) is 0.592. The summed E-state index contributed by atoms with van der Waals surface area (Å²) in [5.74, 6) is 0. The number of rotatable bonds is 6. The molecule has 0 heterocycles. The second-order valence-electron chi connectivity index (χ2n) is 2.56. The summed E-state index contributed by atoms with van der Waals surface area (Å²) < 4.78 is 5.24. The molecule has 11 heavy (non-hydrogen) atoms. The van der Waals surface area contributed by atoms with Crippen molar-refractivity contribution in [1.29, 1.82) is 0 Å². The van der Waals surface area contributed by atoms with Crippen molar-refractivity contribution >= 4 is 0 Å². The molecule has 0 aromatic rings. The van der Waals surface area contributed by atoms with Gasteiger partial charge in [-0.3, -0.25) is 10.6 Å². The van der Waals surface area contributed by atoms with Crippen LogP contribution in [-0.2, 0) is 4.74 Å². The summed E-state index contributed by atoms with van der Waals surface area (Å²) in [5.41, 5.74) is 0. The predicted molar refractivity (Wildman–Crippen MR) is 44.2 cm³/mol. The van der Waals surface area contributed by atoms with E-state index in [9.17, 15) is 0 Å². The summed E-state index contributed by atoms with van der Waals surface area (Å²) in [7, 11) is 1.68. The van der Waals surface area contributed by atoms with Crippen LogP contribution in [0.4, 0.5) is 0 Å². The molecule has 0 saturated heterocycles. The van der Waals surface area contributed by atoms with Crippen LogP contribution >= 0.6 is 0 Å². The van der Waals surface area contributed by atoms with Crippen LogP contribution in [0.15, 0.2) is 0 Å². The van der Waals surface area contributed by atoms with E-state index in [-0.39, 0.29) is 6.10 Å². The van der Waals surface area contributed by atoms with E-state index in [0.717, 1.165) is 0 Å². The number of hydrogen-bond acceptors (Lipinski definition) is 4. The van der Waals surface area contributed by atoms with Crippen molar-refractivity contribution in [1.82, 2.24) is 10.6 Å². The molecule has 0 bridgehead atoms. The quantitative estimate of drug-likeness (QED) is 0.364. The third-order valence-electron chi connectivity index (χ3n) is 1.16. The number of aliphatic hydroxyl groups excluding tert-OH is 1. The Morgan fingerprint density at radius 1 is 1.45 bits per heavy atom. The highest BCUT2D eigenvalue weighted by Crippen LogP contribution is 1.84. The molecule has 3 N–H and O–H groups in total. The summed E-state index contributed by atoms with van der Waals surface area (Å²) in [6, 6.07) is 0. The first-order valence-corrected chi connectivity index (χ1v) is 3.87. The van der Waals surface area contributed by atoms with Crippen molar-refractivity contribution in [2.45, 2.75) is 26.3 Å². The molecule has 0 radical (unpaired) electrons. The molecule has 0 aliphatic carbocycles. The SMILES string of the molecule is CNC(O)NCCOC(C)C. The Bertz CT molecular complexity index is 88.5. The fraction of sp³-hybridized carbons (Fsp3) is 1.00. The van der Waals surface area contributed by atoms with Crippen LogP contribution in [0.3, 0.4) is 0 Å². The highest BCUT2D eigenvalue weighted by atomic mass is 16.5. The molecule has 0 aromatic carbocycles. The fourth-order valence-electron chi connectivity index (χ4n) is 0.592. The van der Waals surface area contributed by atoms with Gasteiger partial charge in [-0.2, -0.15) is 0 Å². The maximum absolute atomic E-state index is 8.95. The molecule has 0 aliphatic heterocycles. The average Bonchev–Trinajstić information content (AvgIpc) is 1.97. The Balaban J connectivity index is 3.01. The second kappa shape index (κ2) is 6.54. The van der Waals surface area contributed by atoms with Crippen LogP contribution in [0.2, 0.25) is 0 Å². The molecule has 4 nitrogen and oxygen atoms in total. The Morgan fingerprint density at radius 3 is 2.55 bits per heavy atom. The van der Waals surface area contributed by atoms with Gasteiger partial charge in [-0.05, 0) is 20.9 Å². The predicted octanol–water partition coefficient (Wildman–Crippen LogP) is -0.504. The van der Waals surface area contributed by atoms with Gasteiger partial charge < -0.3 is 9.84 Å². The maximum atomic E-state index is 8.95. The van der Waals surface area contributed by atoms with Gasteiger partial charge >= 0.3 is 0 Å². The van der Waals surface area contributed by atoms with Crippen molar-refractivity contribution in [2.75, 3.05) is 20.2 Å². The van der Waals surface area contributed by atoms with Crippen LogP contribution in [-0.4, -0.2) is 37.8 Å². The van der Waals surface area contributed by atoms with Gasteiger partial charge in [0, 0.05) is 6.54 Å². The van der Waals surface area contributed by atoms with Crippen molar-refractivity contribution in [2.24, 2.45) is 0 Å². The largest absolute Gasteiger partial charge is 0.377 e. The minimum atomic E-state index is -0.634. The third kappa shape index (κ3) is 7.74. The Hall–Kier alpha value is -0.160. The highest BCUT2D eigenvalue weighted by Gasteiger charge is 1.97. The van der Waals surface area contributed by atoms with E-state index in [1.165, 1.54) is 0 Å². The lowest BCUT2D eigenvalue weighted by atomic mass is 10.5. The van der Waals surface area contributed by atoms with E-state index in [2.05, 4.69) is 10.6 Å². The molecule has 1 atom stereocenters. The van der Waals surface area contributed by atoms with Gasteiger partial charge in [0.05, 0.1) is 12.7 Å². The molecule has 0 fully saturated rings. The van der Waals surface area contributed by atoms with Crippen LogP contribution in [0.5, 0.6) is 0 Å². The molecule has 4 heteroatoms. The maximum Gasteiger partial charge on any atom is 0.160 e. The standard InChI is InChI=1S/C7H18N2O2/c1-6(2)11-5-4-9-7(10)8-3/h6-10H,4-5H2,1-3H3. The van der Waals surface area contributed by atoms with E-state index in [1.807, 2.05) is 13.8 Å². The van der Waals surface area contributed by atoms with Crippen molar-refractivity contribution in [3.05, 3.63) is 0 Å². The lowest BCUT2D eigenvalue weighted by molar-refractivity contribution is 0.0578. The van der Waals surface area contributed by atoms with Crippen LogP contribution in [0.1, 0.15) is 13.8 Å². The molecule has 0 aliphatic rings. The monoisotopic (exact) mass is 162 g/mol. The zero-order chi connectivity index (χ0) is 8.69. The van der Waals surface area contributed by atoms with E-state index < -0.39 is 6.35 Å². The molecule has 0 saturated carbocycles. The Morgan fingerprint density at radius 2 is 2.09 bits per heavy atom. The molecule has 0 aromatic heterocycles. The molecule has 0 amide bonds. The molecular weight excluding hydrogens is 144 g/mol. The van der Waals surface area contributed by atoms with Crippen molar-refractivity contribution < 1.29 is 9.84 Å². The number of hydrogen-bond donors (Lipinski definition) is 3. The first kappa shape index (κ1) is 10.8. The van der Waals surface area contributed by atoms with Gasteiger partial charge in [0.2, 0.25) is 0 Å². The lowest BCUT2D eigenvalue weighted by Gasteiger charge is -2.12. The van der Waals surface area contributed by atoms with Gasteiger partial charge in [-0.25, -0.2) is 0 Å². The Kier molecular flexibility index (Phi) is 6.45. The Labute approximate surface area is 67.9 Å². The summed E-state index contributed by atoms with van der Waals surface area (Å²) in [5, 5.41) is 14.4. The van der Waals surface area contributed by atoms with E-state index in [4.69, 9.17) is 9.84 Å². The summed E-state index contributed by atoms with van der Waals surface area (Å²) in [6.07, 6.45) is -0.380. The van der Waals surface area contributed by atoms with Gasteiger partial charge in [-0.1, -0.05) is 0 Å². The first-order valence-electron chi connectivity index (χ1n) is 3.87. The van der Waals surface area contributed by atoms with Gasteiger partial charge in [0.1, 0.15) is 0 Å². The zero-order valence-corrected chi connectivity index (χ0v) is 7.42. The smallest absolute Gasteiger partial charge is 0.160 e. The summed E-state index contributed by atoms with van der Waals surface area (Å²) in [6.45, 7) is 5.24. The zero-order valence-electron chi connectivity index (χ0n) is 7.42. The summed E-state index contributed by atoms with van der Waals surface area (Å²) in [4.78, 5) is 0. The number of ether oxygens (including phenoxy) is 1. The van der Waals surface area contributed by atoms with E-state index in [1.54, 1.807) is 7.05 Å². The third-order valence-corrected chi connectivity index (χ3v) is 1.16. The average molecular weight is 162 g/mol. The second-order valence-corrected chi connectivity index (χ2v) is 2.56. The number of nitrogens with one attached hydrogen (secondary N) is 2. The van der Waals surface area contributed by atoms with Gasteiger partial charge in [0.15, 0.2) is 6.35 Å². The minimum Gasteiger partial charge on any atom is -0.377 e. The van der Waals surface area contributed by atoms with Crippen LogP contribution in [0.25, 0.3) is 0 Å². The van der Waals surface area contributed by atoms with E-state index >= 15 is 0 Å². The van der Waals surface area contributed by atoms with Crippen molar-refractivity contribution in [3.8, 4) is 0 Å². The lowest BCUT2D eigenvalue weighted by Crippen LogP contribution is -2.41. The van der Waals surface area contributed by atoms with Crippen molar-refractivity contribution in [3.63, 3.8) is 0 Å². The first-order chi connectivity index (χ1) is 5.16. The van der Waals surface area contributed by atoms with Gasteiger partial charge in [0.25, 0.3) is 0 Å². The molecule has 68 valence electrons. The van der Waals surface area contributed by atoms with Crippen LogP contribution < -0.4 is 10.6 Å². The van der Waals surface area contributed by atoms with Gasteiger partial charge in [-0.15, -0.1) is 0 Å². The molecule has 0 spiro atoms. The number of aliphatic hydroxyl groups is 1. The molecule has 0 rings (SSSR count). The molecular formula is C7H18N2O2. The van der Waals surface area contributed by atoms with E-state index in [0.29, 0.717) is 13.2 Å². The molecule has 1 unspecified atom stereocenters. The highest BCUT2D eigenvalue weighted by molar-refractivity contribution is 4.47.